The number of hydrogen-bond donors (Lipinski definition) is 1. The molecule has 2 N–H and O–H groups in total. The molecule has 1 aromatic carbocycles. The Hall–Kier alpha value is -1.22. The average molecular weight is 169 g/mol. The average Bonchev–Trinajstić information content (AvgIpc) is 2.27. The highest BCUT2D eigenvalue weighted by molar-refractivity contribution is 6.28. The van der Waals surface area contributed by atoms with Gasteiger partial charge >= 0.3 is 0 Å². The molecule has 1 heterocycles. The third kappa shape index (κ3) is 1.03. The Morgan fingerprint density at radius 3 is 3.09 bits per heavy atom. The summed E-state index contributed by atoms with van der Waals surface area (Å²) >= 11 is 5.52. The summed E-state index contributed by atoms with van der Waals surface area (Å²) in [4.78, 5) is 3.89. The maximum absolute atomic E-state index is 5.52. The van der Waals surface area contributed by atoms with Gasteiger partial charge in [0.2, 0.25) is 0 Å². The second kappa shape index (κ2) is 2.13. The van der Waals surface area contributed by atoms with E-state index in [2.05, 4.69) is 4.98 Å². The fraction of sp³-hybridized carbons (Fsp3) is 0. The molecule has 2 rings (SSSR count). The summed E-state index contributed by atoms with van der Waals surface area (Å²) in [6.07, 6.45) is 0. The van der Waals surface area contributed by atoms with Crippen molar-refractivity contribution in [2.45, 2.75) is 0 Å². The van der Waals surface area contributed by atoms with Crippen LogP contribution in [0.2, 0.25) is 5.35 Å². The molecule has 0 aliphatic heterocycles. The first-order chi connectivity index (χ1) is 5.25. The van der Waals surface area contributed by atoms with Crippen molar-refractivity contribution in [3.05, 3.63) is 23.5 Å². The van der Waals surface area contributed by atoms with E-state index >= 15 is 0 Å². The second-order valence-electron chi connectivity index (χ2n) is 2.19. The number of halogens is 1. The van der Waals surface area contributed by atoms with E-state index in [4.69, 9.17) is 21.8 Å². The predicted octanol–water partition coefficient (Wildman–Crippen LogP) is 2.06. The van der Waals surface area contributed by atoms with E-state index in [1.807, 2.05) is 0 Å². The van der Waals surface area contributed by atoms with Crippen molar-refractivity contribution in [2.24, 2.45) is 0 Å². The molecule has 0 amide bonds. The quantitative estimate of drug-likeness (QED) is 0.613. The summed E-state index contributed by atoms with van der Waals surface area (Å²) in [5.74, 6) is 0. The maximum Gasteiger partial charge on any atom is 0.293 e. The van der Waals surface area contributed by atoms with Gasteiger partial charge in [-0.1, -0.05) is 0 Å². The fourth-order valence-corrected chi connectivity index (χ4v) is 1.09. The lowest BCUT2D eigenvalue weighted by Crippen LogP contribution is -1.81. The van der Waals surface area contributed by atoms with Crippen LogP contribution in [-0.4, -0.2) is 4.98 Å². The molecule has 4 heteroatoms. The molecule has 0 radical (unpaired) electrons. The molecule has 1 aromatic heterocycles. The maximum atomic E-state index is 5.52. The minimum absolute atomic E-state index is 0.144. The highest BCUT2D eigenvalue weighted by Crippen LogP contribution is 2.20. The highest BCUT2D eigenvalue weighted by atomic mass is 35.5. The van der Waals surface area contributed by atoms with Crippen LogP contribution in [0.4, 0.5) is 5.69 Å². The lowest BCUT2D eigenvalue weighted by atomic mass is 10.3. The van der Waals surface area contributed by atoms with Crippen LogP contribution >= 0.6 is 11.6 Å². The van der Waals surface area contributed by atoms with Crippen LogP contribution < -0.4 is 5.73 Å². The molecule has 0 saturated carbocycles. The smallest absolute Gasteiger partial charge is 0.293 e. The van der Waals surface area contributed by atoms with Gasteiger partial charge in [-0.15, -0.1) is 0 Å². The number of benzene rings is 1. The zero-order valence-electron chi connectivity index (χ0n) is 5.54. The van der Waals surface area contributed by atoms with E-state index in [1.165, 1.54) is 0 Å². The van der Waals surface area contributed by atoms with Gasteiger partial charge in [0, 0.05) is 5.69 Å². The van der Waals surface area contributed by atoms with Gasteiger partial charge in [0.1, 0.15) is 5.52 Å². The van der Waals surface area contributed by atoms with Crippen LogP contribution in [0.15, 0.2) is 22.6 Å². The Bertz CT molecular complexity index is 396. The third-order valence-corrected chi connectivity index (χ3v) is 1.55. The van der Waals surface area contributed by atoms with Gasteiger partial charge in [-0.05, 0) is 29.8 Å². The van der Waals surface area contributed by atoms with Crippen molar-refractivity contribution in [2.75, 3.05) is 5.73 Å². The normalized spacial score (nSPS) is 10.6. The zero-order valence-corrected chi connectivity index (χ0v) is 6.30. The van der Waals surface area contributed by atoms with Crippen LogP contribution in [0, 0.1) is 0 Å². The van der Waals surface area contributed by atoms with Crippen molar-refractivity contribution in [1.82, 2.24) is 4.98 Å². The first kappa shape index (κ1) is 6.49. The SMILES string of the molecule is Nc1ccc2oc(Cl)nc2c1. The number of nitrogens with zero attached hydrogens (tertiary/aromatic N) is 1. The Labute approximate surface area is 67.8 Å². The summed E-state index contributed by atoms with van der Waals surface area (Å²) in [5.41, 5.74) is 7.51. The molecular formula is C7H5ClN2O. The third-order valence-electron chi connectivity index (χ3n) is 1.39. The van der Waals surface area contributed by atoms with E-state index in [0.717, 1.165) is 0 Å². The molecule has 0 fully saturated rings. The molecule has 0 saturated heterocycles. The molecule has 0 aliphatic rings. The van der Waals surface area contributed by atoms with Crippen LogP contribution in [-0.2, 0) is 0 Å². The second-order valence-corrected chi connectivity index (χ2v) is 2.52. The van der Waals surface area contributed by atoms with Crippen LogP contribution in [0.25, 0.3) is 11.1 Å². The van der Waals surface area contributed by atoms with E-state index in [1.54, 1.807) is 18.2 Å². The molecule has 0 aliphatic carbocycles. The lowest BCUT2D eigenvalue weighted by molar-refractivity contribution is 0.604. The molecule has 0 unspecified atom stereocenters. The number of rotatable bonds is 0. The molecular weight excluding hydrogens is 164 g/mol. The Kier molecular flexibility index (Phi) is 1.26. The minimum atomic E-state index is 0.144. The Balaban J connectivity index is 2.82. The number of nitrogen functional groups attached to an aromatic ring is 1. The number of fused-ring (bicyclic) bond motifs is 1. The van der Waals surface area contributed by atoms with E-state index < -0.39 is 0 Å². The van der Waals surface area contributed by atoms with Crippen molar-refractivity contribution < 1.29 is 4.42 Å². The van der Waals surface area contributed by atoms with Crippen molar-refractivity contribution in [1.29, 1.82) is 0 Å². The van der Waals surface area contributed by atoms with Crippen LogP contribution in [0.3, 0.4) is 0 Å². The van der Waals surface area contributed by atoms with E-state index in [-0.39, 0.29) is 5.35 Å². The van der Waals surface area contributed by atoms with E-state index in [9.17, 15) is 0 Å². The standard InChI is InChI=1S/C7H5ClN2O/c8-7-10-5-3-4(9)1-2-6(5)11-7/h1-3H,9H2. The van der Waals surface area contributed by atoms with Gasteiger partial charge in [0.25, 0.3) is 5.35 Å². The molecule has 0 bridgehead atoms. The number of anilines is 1. The number of oxazole rings is 1. The molecule has 56 valence electrons. The largest absolute Gasteiger partial charge is 0.428 e. The molecule has 11 heavy (non-hydrogen) atoms. The molecule has 0 atom stereocenters. The number of aromatic nitrogens is 1. The summed E-state index contributed by atoms with van der Waals surface area (Å²) in [5, 5.41) is 0.144. The number of hydrogen-bond acceptors (Lipinski definition) is 3. The molecule has 3 nitrogen and oxygen atoms in total. The fourth-order valence-electron chi connectivity index (χ4n) is 0.916. The summed E-state index contributed by atoms with van der Waals surface area (Å²) in [7, 11) is 0. The Morgan fingerprint density at radius 1 is 1.45 bits per heavy atom. The first-order valence-electron chi connectivity index (χ1n) is 3.07. The van der Waals surface area contributed by atoms with Crippen LogP contribution in [0.1, 0.15) is 0 Å². The number of nitrogens with two attached hydrogens (primary N) is 1. The van der Waals surface area contributed by atoms with Gasteiger partial charge in [-0.3, -0.25) is 0 Å². The zero-order chi connectivity index (χ0) is 7.84. The molecule has 2 aromatic rings. The van der Waals surface area contributed by atoms with Gasteiger partial charge < -0.3 is 10.2 Å². The van der Waals surface area contributed by atoms with Crippen LogP contribution in [0.5, 0.6) is 0 Å². The van der Waals surface area contributed by atoms with Crippen molar-refractivity contribution >= 4 is 28.4 Å². The summed E-state index contributed by atoms with van der Waals surface area (Å²) in [6, 6.07) is 5.19. The summed E-state index contributed by atoms with van der Waals surface area (Å²) in [6.45, 7) is 0. The predicted molar refractivity (Wildman–Crippen MR) is 43.4 cm³/mol. The lowest BCUT2D eigenvalue weighted by Gasteiger charge is -1.87. The van der Waals surface area contributed by atoms with Gasteiger partial charge in [0.05, 0.1) is 0 Å². The topological polar surface area (TPSA) is 52.0 Å². The van der Waals surface area contributed by atoms with Crippen molar-refractivity contribution in [3.8, 4) is 0 Å². The van der Waals surface area contributed by atoms with Gasteiger partial charge in [0.15, 0.2) is 5.58 Å². The van der Waals surface area contributed by atoms with Crippen molar-refractivity contribution in [3.63, 3.8) is 0 Å². The Morgan fingerprint density at radius 2 is 2.27 bits per heavy atom. The highest BCUT2D eigenvalue weighted by Gasteiger charge is 2.01. The van der Waals surface area contributed by atoms with E-state index in [0.29, 0.717) is 16.8 Å². The van der Waals surface area contributed by atoms with Gasteiger partial charge in [-0.25, -0.2) is 0 Å². The minimum Gasteiger partial charge on any atom is -0.428 e. The van der Waals surface area contributed by atoms with Gasteiger partial charge in [-0.2, -0.15) is 4.98 Å². The first-order valence-corrected chi connectivity index (χ1v) is 3.45. The summed E-state index contributed by atoms with van der Waals surface area (Å²) < 4.78 is 5.02. The monoisotopic (exact) mass is 168 g/mol. The molecule has 0 spiro atoms.